The van der Waals surface area contributed by atoms with Crippen molar-refractivity contribution in [2.45, 2.75) is 12.3 Å². The smallest absolute Gasteiger partial charge is 0.221 e. The molecule has 3 nitrogen and oxygen atoms in total. The average molecular weight is 380 g/mol. The van der Waals surface area contributed by atoms with Crippen LogP contribution < -0.4 is 10.1 Å². The first-order chi connectivity index (χ1) is 13.2. The highest BCUT2D eigenvalue weighted by Gasteiger charge is 2.17. The summed E-state index contributed by atoms with van der Waals surface area (Å²) in [7, 11) is 0. The van der Waals surface area contributed by atoms with Crippen LogP contribution in [0.2, 0.25) is 5.02 Å². The molecule has 0 spiro atoms. The monoisotopic (exact) mass is 379 g/mol. The van der Waals surface area contributed by atoms with Crippen molar-refractivity contribution in [3.8, 4) is 5.75 Å². The van der Waals surface area contributed by atoms with Gasteiger partial charge in [0.15, 0.2) is 0 Å². The molecule has 0 bridgehead atoms. The Morgan fingerprint density at radius 3 is 2.00 bits per heavy atom. The number of hydrogen-bond acceptors (Lipinski definition) is 2. The molecule has 27 heavy (non-hydrogen) atoms. The Labute approximate surface area is 164 Å². The predicted octanol–water partition coefficient (Wildman–Crippen LogP) is 5.06. The SMILES string of the molecule is O=C(CC(c1ccccc1)c1ccccc1)NCCOc1ccccc1Cl. The lowest BCUT2D eigenvalue weighted by Gasteiger charge is -2.18. The molecule has 0 unspecified atom stereocenters. The van der Waals surface area contributed by atoms with Crippen LogP contribution in [0.5, 0.6) is 5.75 Å². The molecule has 3 aromatic carbocycles. The number of rotatable bonds is 8. The quantitative estimate of drug-likeness (QED) is 0.556. The van der Waals surface area contributed by atoms with Crippen molar-refractivity contribution in [3.05, 3.63) is 101 Å². The number of amides is 1. The molecule has 0 aliphatic carbocycles. The Bertz CT molecular complexity index is 813. The van der Waals surface area contributed by atoms with Crippen LogP contribution in [0, 0.1) is 0 Å². The van der Waals surface area contributed by atoms with Gasteiger partial charge in [0.25, 0.3) is 0 Å². The molecular weight excluding hydrogens is 358 g/mol. The van der Waals surface area contributed by atoms with Crippen molar-refractivity contribution in [2.24, 2.45) is 0 Å². The lowest BCUT2D eigenvalue weighted by molar-refractivity contribution is -0.121. The standard InChI is InChI=1S/C23H22ClNO2/c24-21-13-7-8-14-22(21)27-16-15-25-23(26)17-20(18-9-3-1-4-10-18)19-11-5-2-6-12-19/h1-14,20H,15-17H2,(H,25,26). The van der Waals surface area contributed by atoms with Crippen LogP contribution in [0.15, 0.2) is 84.9 Å². The highest BCUT2D eigenvalue weighted by molar-refractivity contribution is 6.32. The Balaban J connectivity index is 1.56. The number of nitrogens with one attached hydrogen (secondary N) is 1. The van der Waals surface area contributed by atoms with E-state index in [1.165, 1.54) is 0 Å². The molecule has 4 heteroatoms. The summed E-state index contributed by atoms with van der Waals surface area (Å²) in [6.07, 6.45) is 0.389. The van der Waals surface area contributed by atoms with Crippen molar-refractivity contribution < 1.29 is 9.53 Å². The number of hydrogen-bond donors (Lipinski definition) is 1. The van der Waals surface area contributed by atoms with Gasteiger partial charge in [0, 0.05) is 12.3 Å². The predicted molar refractivity (Wildman–Crippen MR) is 109 cm³/mol. The minimum absolute atomic E-state index is 0.00420. The molecule has 0 aliphatic rings. The fraction of sp³-hybridized carbons (Fsp3) is 0.174. The number of benzene rings is 3. The van der Waals surface area contributed by atoms with E-state index in [4.69, 9.17) is 16.3 Å². The summed E-state index contributed by atoms with van der Waals surface area (Å²) in [6, 6.07) is 27.5. The number of carbonyl (C=O) groups is 1. The van der Waals surface area contributed by atoms with Crippen LogP contribution in [0.4, 0.5) is 0 Å². The summed E-state index contributed by atoms with van der Waals surface area (Å²) in [6.45, 7) is 0.803. The largest absolute Gasteiger partial charge is 0.490 e. The Morgan fingerprint density at radius 1 is 0.852 bits per heavy atom. The lowest BCUT2D eigenvalue weighted by Crippen LogP contribution is -2.29. The molecule has 3 aromatic rings. The molecule has 3 rings (SSSR count). The molecule has 0 saturated carbocycles. The Hall–Kier alpha value is -2.78. The highest BCUT2D eigenvalue weighted by Crippen LogP contribution is 2.27. The van der Waals surface area contributed by atoms with E-state index in [1.54, 1.807) is 6.07 Å². The number of ether oxygens (including phenoxy) is 1. The average Bonchev–Trinajstić information content (AvgIpc) is 2.72. The van der Waals surface area contributed by atoms with E-state index in [0.29, 0.717) is 30.3 Å². The van der Waals surface area contributed by atoms with Gasteiger partial charge in [-0.05, 0) is 23.3 Å². The van der Waals surface area contributed by atoms with Gasteiger partial charge in [-0.3, -0.25) is 4.79 Å². The molecule has 0 fully saturated rings. The first kappa shape index (κ1) is 19.0. The van der Waals surface area contributed by atoms with Crippen LogP contribution in [0.1, 0.15) is 23.5 Å². The topological polar surface area (TPSA) is 38.3 Å². The first-order valence-corrected chi connectivity index (χ1v) is 9.36. The first-order valence-electron chi connectivity index (χ1n) is 8.98. The minimum Gasteiger partial charge on any atom is -0.490 e. The van der Waals surface area contributed by atoms with Crippen LogP contribution in [-0.4, -0.2) is 19.1 Å². The number of para-hydroxylation sites is 1. The van der Waals surface area contributed by atoms with Crippen molar-refractivity contribution in [1.82, 2.24) is 5.32 Å². The normalized spacial score (nSPS) is 10.6. The molecule has 138 valence electrons. The van der Waals surface area contributed by atoms with Gasteiger partial charge >= 0.3 is 0 Å². The fourth-order valence-corrected chi connectivity index (χ4v) is 3.16. The van der Waals surface area contributed by atoms with E-state index in [1.807, 2.05) is 54.6 Å². The zero-order chi connectivity index (χ0) is 18.9. The maximum absolute atomic E-state index is 12.5. The van der Waals surface area contributed by atoms with Crippen LogP contribution in [-0.2, 0) is 4.79 Å². The van der Waals surface area contributed by atoms with E-state index in [9.17, 15) is 4.79 Å². The number of carbonyl (C=O) groups excluding carboxylic acids is 1. The van der Waals surface area contributed by atoms with Gasteiger partial charge in [-0.2, -0.15) is 0 Å². The summed E-state index contributed by atoms with van der Waals surface area (Å²) < 4.78 is 5.61. The molecule has 0 aliphatic heterocycles. The van der Waals surface area contributed by atoms with Gasteiger partial charge in [0.1, 0.15) is 12.4 Å². The van der Waals surface area contributed by atoms with E-state index in [-0.39, 0.29) is 11.8 Å². The Kier molecular flexibility index (Phi) is 6.89. The van der Waals surface area contributed by atoms with Crippen molar-refractivity contribution in [2.75, 3.05) is 13.2 Å². The summed E-state index contributed by atoms with van der Waals surface area (Å²) in [5.74, 6) is 0.646. The molecule has 1 N–H and O–H groups in total. The van der Waals surface area contributed by atoms with Crippen LogP contribution in [0.3, 0.4) is 0 Å². The summed E-state index contributed by atoms with van der Waals surface area (Å²) in [4.78, 5) is 12.5. The maximum atomic E-state index is 12.5. The van der Waals surface area contributed by atoms with E-state index >= 15 is 0 Å². The second kappa shape index (κ2) is 9.79. The minimum atomic E-state index is -0.00420. The van der Waals surface area contributed by atoms with Gasteiger partial charge in [0.05, 0.1) is 11.6 Å². The molecule has 0 heterocycles. The zero-order valence-electron chi connectivity index (χ0n) is 15.0. The van der Waals surface area contributed by atoms with Crippen molar-refractivity contribution in [1.29, 1.82) is 0 Å². The van der Waals surface area contributed by atoms with Crippen LogP contribution in [0.25, 0.3) is 0 Å². The van der Waals surface area contributed by atoms with Crippen molar-refractivity contribution >= 4 is 17.5 Å². The fourth-order valence-electron chi connectivity index (χ4n) is 2.97. The van der Waals surface area contributed by atoms with Gasteiger partial charge in [-0.25, -0.2) is 0 Å². The van der Waals surface area contributed by atoms with Crippen LogP contribution >= 0.6 is 11.6 Å². The summed E-state index contributed by atoms with van der Waals surface area (Å²) >= 11 is 6.06. The second-order valence-corrected chi connectivity index (χ2v) is 6.61. The summed E-state index contributed by atoms with van der Waals surface area (Å²) in [5, 5.41) is 3.50. The third-order valence-corrected chi connectivity index (χ3v) is 4.62. The Morgan fingerprint density at radius 2 is 1.41 bits per heavy atom. The molecule has 0 aromatic heterocycles. The molecule has 0 saturated heterocycles. The zero-order valence-corrected chi connectivity index (χ0v) is 15.7. The van der Waals surface area contributed by atoms with Gasteiger partial charge in [-0.1, -0.05) is 84.4 Å². The second-order valence-electron chi connectivity index (χ2n) is 6.21. The lowest BCUT2D eigenvalue weighted by atomic mass is 9.88. The van der Waals surface area contributed by atoms with Gasteiger partial charge in [0.2, 0.25) is 5.91 Å². The molecule has 1 amide bonds. The maximum Gasteiger partial charge on any atom is 0.221 e. The van der Waals surface area contributed by atoms with Crippen molar-refractivity contribution in [3.63, 3.8) is 0 Å². The molecular formula is C23H22ClNO2. The third kappa shape index (κ3) is 5.60. The number of halogens is 1. The van der Waals surface area contributed by atoms with Gasteiger partial charge in [-0.15, -0.1) is 0 Å². The van der Waals surface area contributed by atoms with E-state index in [0.717, 1.165) is 11.1 Å². The third-order valence-electron chi connectivity index (χ3n) is 4.31. The molecule has 0 radical (unpaired) electrons. The van der Waals surface area contributed by atoms with Gasteiger partial charge < -0.3 is 10.1 Å². The van der Waals surface area contributed by atoms with E-state index in [2.05, 4.69) is 29.6 Å². The van der Waals surface area contributed by atoms with E-state index < -0.39 is 0 Å². The molecule has 0 atom stereocenters. The summed E-state index contributed by atoms with van der Waals surface area (Å²) in [5.41, 5.74) is 2.26. The highest BCUT2D eigenvalue weighted by atomic mass is 35.5.